The fourth-order valence-electron chi connectivity index (χ4n) is 9.04. The van der Waals surface area contributed by atoms with Crippen molar-refractivity contribution in [3.63, 3.8) is 0 Å². The summed E-state index contributed by atoms with van der Waals surface area (Å²) in [6.07, 6.45) is 3.35. The molecule has 4 unspecified atom stereocenters. The Morgan fingerprint density at radius 2 is 0.780 bits per heavy atom. The lowest BCUT2D eigenvalue weighted by atomic mass is 9.73. The molecule has 0 radical (unpaired) electrons. The summed E-state index contributed by atoms with van der Waals surface area (Å²) in [7, 11) is 2.94. The summed E-state index contributed by atoms with van der Waals surface area (Å²) in [5.41, 5.74) is 1.84. The molecule has 4 atom stereocenters. The molecule has 1 aromatic rings. The Hall–Kier alpha value is -6.83. The highest BCUT2D eigenvalue weighted by Crippen LogP contribution is 2.44. The second-order valence-corrected chi connectivity index (χ2v) is 29.3. The molecule has 0 bridgehead atoms. The zero-order chi connectivity index (χ0) is 75.9. The van der Waals surface area contributed by atoms with Gasteiger partial charge in [-0.05, 0) is 145 Å². The topological polar surface area (TPSA) is 400 Å². The van der Waals surface area contributed by atoms with Crippen molar-refractivity contribution >= 4 is 109 Å². The molecule has 0 aliphatic heterocycles. The van der Waals surface area contributed by atoms with Crippen LogP contribution in [0.15, 0.2) is 30.3 Å². The van der Waals surface area contributed by atoms with E-state index in [4.69, 9.17) is 72.4 Å². The highest BCUT2D eigenvalue weighted by Gasteiger charge is 2.48. The number of alkyl carbamates (subject to hydrolysis) is 1. The quantitative estimate of drug-likeness (QED) is 0.0237. The Kier molecular flexibility index (Phi) is 47.1. The van der Waals surface area contributed by atoms with E-state index in [2.05, 4.69) is 37.2 Å². The third-order valence-corrected chi connectivity index (χ3v) is 16.4. The third-order valence-electron chi connectivity index (χ3n) is 15.2. The lowest BCUT2D eigenvalue weighted by Gasteiger charge is -2.35. The number of esters is 10. The number of ether oxygens (including phenoxy) is 13. The number of carboxylic acid groups (broad SMARTS) is 1. The number of nitrogens with one attached hydrogen (secondary N) is 1. The number of unbranched alkanes of at least 4 members (excludes halogenated alkanes) is 4. The molecular weight excluding hydrogens is 1450 g/mol. The molecule has 29 nitrogen and oxygen atoms in total. The van der Waals surface area contributed by atoms with Crippen molar-refractivity contribution in [2.45, 2.75) is 193 Å². The van der Waals surface area contributed by atoms with Crippen molar-refractivity contribution in [1.82, 2.24) is 5.32 Å². The molecular formula is C69H108Br2N2O27. The minimum absolute atomic E-state index is 0.0123. The van der Waals surface area contributed by atoms with Crippen LogP contribution >= 0.6 is 31.9 Å². The standard InChI is InChI=1S/C39H58BrNO14.C30H50BrNO13/c1-29(42)16-17-32(44)50-21-12-8-11-15-31(43)51-25-26-54-35(47)39(5,40)28-38(4,34(46)53-24-23-49-6)19-18-37(2,3)33(45)52-22-20-41-36(48)55-27-30-13-9-7-10-14-30;1-28(2,25(37)43-16-14-32)12-13-29(3,26(38)44-18-17-40-5)21-30(4,31)27(39)45-20-19-42-23(35)9-7-6-8-15-41-24(36)11-10-22(33)34/h7,9-10,13-14H,8,11-12,15-28H2,1-6H3,(H,41,48);6-21,32H2,1-5H3,(H,33,34). The van der Waals surface area contributed by atoms with Gasteiger partial charge >= 0.3 is 71.8 Å². The molecule has 1 rings (SSSR count). The molecule has 100 heavy (non-hydrogen) atoms. The van der Waals surface area contributed by atoms with Crippen molar-refractivity contribution in [3.05, 3.63) is 35.9 Å². The van der Waals surface area contributed by atoms with Crippen LogP contribution in [0.25, 0.3) is 0 Å². The van der Waals surface area contributed by atoms with Crippen LogP contribution < -0.4 is 11.1 Å². The molecule has 1 aromatic carbocycles. The molecule has 31 heteroatoms. The van der Waals surface area contributed by atoms with Gasteiger partial charge in [-0.3, -0.25) is 52.7 Å². The number of methoxy groups -OCH3 is 2. The van der Waals surface area contributed by atoms with Gasteiger partial charge in [0.2, 0.25) is 0 Å². The number of nitrogens with two attached hydrogens (primary N) is 1. The molecule has 0 aliphatic rings. The zero-order valence-electron chi connectivity index (χ0n) is 60.1. The van der Waals surface area contributed by atoms with Crippen LogP contribution in [0.1, 0.15) is 183 Å². The predicted octanol–water partition coefficient (Wildman–Crippen LogP) is 8.65. The number of benzene rings is 1. The minimum Gasteiger partial charge on any atom is -0.481 e. The van der Waals surface area contributed by atoms with Gasteiger partial charge < -0.3 is 82.5 Å². The number of ketones is 1. The normalized spacial score (nSPS) is 13.6. The first-order valence-corrected chi connectivity index (χ1v) is 34.9. The van der Waals surface area contributed by atoms with Crippen molar-refractivity contribution < 1.29 is 129 Å². The average Bonchev–Trinajstić information content (AvgIpc) is 0.812. The average molecular weight is 1560 g/mol. The second kappa shape index (κ2) is 50.5. The SMILES string of the molecule is COCCOC(=O)C(C)(CCC(C)(C)C(=O)OCCN)CC(C)(Br)C(=O)OCCOC(=O)CCCCCOC(=O)CCC(=O)O.COCCOC(=O)C(C)(CCC(C)(C)C(=O)OCCNC(=O)OCc1ccccc1)CC(C)(Br)C(=O)OCCOC(=O)CCCCCOC(=O)CCC(C)=O. The van der Waals surface area contributed by atoms with Crippen molar-refractivity contribution in [2.24, 2.45) is 27.4 Å². The number of alkyl halides is 2. The fraction of sp³-hybridized carbons (Fsp3) is 0.725. The number of carboxylic acids is 1. The van der Waals surface area contributed by atoms with E-state index in [1.165, 1.54) is 21.1 Å². The van der Waals surface area contributed by atoms with Gasteiger partial charge in [-0.2, -0.15) is 0 Å². The van der Waals surface area contributed by atoms with Crippen molar-refractivity contribution in [3.8, 4) is 0 Å². The van der Waals surface area contributed by atoms with E-state index in [0.717, 1.165) is 5.56 Å². The molecule has 0 saturated carbocycles. The van der Waals surface area contributed by atoms with E-state index in [0.29, 0.717) is 38.5 Å². The van der Waals surface area contributed by atoms with Crippen LogP contribution in [0, 0.1) is 21.7 Å². The molecule has 1 amide bonds. The number of Topliss-reactive ketones (excluding diaryl/α,β-unsaturated/α-hetero) is 1. The number of carbonyl (C=O) groups excluding carboxylic acids is 12. The lowest BCUT2D eigenvalue weighted by molar-refractivity contribution is -0.162. The number of amides is 1. The molecule has 0 aliphatic carbocycles. The first-order chi connectivity index (χ1) is 46.9. The van der Waals surface area contributed by atoms with E-state index in [1.54, 1.807) is 55.4 Å². The number of hydrogen-bond donors (Lipinski definition) is 3. The van der Waals surface area contributed by atoms with Gasteiger partial charge in [0.25, 0.3) is 0 Å². The molecule has 4 N–H and O–H groups in total. The molecule has 0 aromatic heterocycles. The van der Waals surface area contributed by atoms with E-state index in [1.807, 2.05) is 30.3 Å². The summed E-state index contributed by atoms with van der Waals surface area (Å²) in [5.74, 6) is -6.62. The Morgan fingerprint density at radius 3 is 1.19 bits per heavy atom. The number of halogens is 2. The van der Waals surface area contributed by atoms with E-state index in [-0.39, 0.29) is 182 Å². The summed E-state index contributed by atoms with van der Waals surface area (Å²) in [6, 6.07) is 9.18. The molecule has 0 saturated heterocycles. The molecule has 0 heterocycles. The zero-order valence-corrected chi connectivity index (χ0v) is 63.3. The second-order valence-electron chi connectivity index (χ2n) is 25.8. The summed E-state index contributed by atoms with van der Waals surface area (Å²) < 4.78 is 64.8. The van der Waals surface area contributed by atoms with E-state index < -0.39 is 102 Å². The summed E-state index contributed by atoms with van der Waals surface area (Å²) in [6.45, 7) is 14.8. The van der Waals surface area contributed by atoms with Gasteiger partial charge in [0, 0.05) is 40.0 Å². The van der Waals surface area contributed by atoms with Gasteiger partial charge in [-0.25, -0.2) is 4.79 Å². The van der Waals surface area contributed by atoms with Gasteiger partial charge in [-0.15, -0.1) is 0 Å². The van der Waals surface area contributed by atoms with Gasteiger partial charge in [0.1, 0.15) is 73.9 Å². The Balaban J connectivity index is 0.00000200. The molecule has 0 fully saturated rings. The van der Waals surface area contributed by atoms with Crippen LogP contribution in [0.5, 0.6) is 0 Å². The maximum Gasteiger partial charge on any atom is 0.407 e. The first-order valence-electron chi connectivity index (χ1n) is 33.3. The maximum atomic E-state index is 13.4. The first kappa shape index (κ1) is 93.2. The Morgan fingerprint density at radius 1 is 0.410 bits per heavy atom. The largest absolute Gasteiger partial charge is 0.481 e. The monoisotopic (exact) mass is 1550 g/mol. The maximum absolute atomic E-state index is 13.4. The highest BCUT2D eigenvalue weighted by atomic mass is 79.9. The molecule has 570 valence electrons. The van der Waals surface area contributed by atoms with Gasteiger partial charge in [0.05, 0.1) is 73.9 Å². The number of rotatable bonds is 53. The van der Waals surface area contributed by atoms with E-state index >= 15 is 0 Å². The van der Waals surface area contributed by atoms with Crippen LogP contribution in [0.2, 0.25) is 0 Å². The number of carbonyl (C=O) groups is 13. The highest BCUT2D eigenvalue weighted by molar-refractivity contribution is 9.10. The molecule has 0 spiro atoms. The Bertz CT molecular complexity index is 2710. The van der Waals surface area contributed by atoms with Gasteiger partial charge in [-0.1, -0.05) is 62.2 Å². The van der Waals surface area contributed by atoms with Crippen LogP contribution in [-0.4, -0.2) is 198 Å². The minimum atomic E-state index is -1.35. The van der Waals surface area contributed by atoms with Gasteiger partial charge in [0.15, 0.2) is 0 Å². The van der Waals surface area contributed by atoms with Crippen LogP contribution in [0.3, 0.4) is 0 Å². The van der Waals surface area contributed by atoms with Crippen molar-refractivity contribution in [2.75, 3.05) is 107 Å². The smallest absolute Gasteiger partial charge is 0.407 e. The van der Waals surface area contributed by atoms with Crippen LogP contribution in [-0.2, 0) is 126 Å². The summed E-state index contributed by atoms with van der Waals surface area (Å²) in [5, 5.41) is 11.1. The Labute approximate surface area is 603 Å². The summed E-state index contributed by atoms with van der Waals surface area (Å²) in [4.78, 5) is 159. The summed E-state index contributed by atoms with van der Waals surface area (Å²) >= 11 is 6.82. The number of hydrogen-bond acceptors (Lipinski definition) is 27. The van der Waals surface area contributed by atoms with Crippen molar-refractivity contribution in [1.29, 1.82) is 0 Å². The lowest BCUT2D eigenvalue weighted by Crippen LogP contribution is -2.43. The fourth-order valence-corrected chi connectivity index (χ4v) is 10.5. The van der Waals surface area contributed by atoms with E-state index in [9.17, 15) is 62.3 Å². The number of aliphatic carboxylic acids is 1. The third kappa shape index (κ3) is 43.1. The predicted molar refractivity (Wildman–Crippen MR) is 367 cm³/mol. The van der Waals surface area contributed by atoms with Crippen LogP contribution in [0.4, 0.5) is 4.79 Å².